The first kappa shape index (κ1) is 13.8. The summed E-state index contributed by atoms with van der Waals surface area (Å²) in [5, 5.41) is 12.0. The zero-order chi connectivity index (χ0) is 14.0. The molecule has 2 N–H and O–H groups in total. The van der Waals surface area contributed by atoms with Crippen molar-refractivity contribution >= 4 is 21.6 Å². The Morgan fingerprint density at radius 2 is 2.21 bits per heavy atom. The van der Waals surface area contributed by atoms with Crippen LogP contribution in [0.15, 0.2) is 23.2 Å². The third-order valence-corrected chi connectivity index (χ3v) is 4.42. The predicted molar refractivity (Wildman–Crippen MR) is 69.7 cm³/mol. The molecule has 1 saturated carbocycles. The van der Waals surface area contributed by atoms with Gasteiger partial charge in [-0.25, -0.2) is 13.4 Å². The van der Waals surface area contributed by atoms with Crippen LogP contribution in [0, 0.1) is 5.92 Å². The van der Waals surface area contributed by atoms with Gasteiger partial charge in [0.15, 0.2) is 9.84 Å². The number of hydrogen-bond acceptors (Lipinski definition) is 5. The molecule has 7 heteroatoms. The molecule has 0 radical (unpaired) electrons. The summed E-state index contributed by atoms with van der Waals surface area (Å²) >= 11 is 0. The predicted octanol–water partition coefficient (Wildman–Crippen LogP) is 1.15. The number of nitrogens with zero attached hydrogens (tertiary/aromatic N) is 1. The van der Waals surface area contributed by atoms with Crippen LogP contribution >= 0.6 is 0 Å². The number of hydrogen-bond donors (Lipinski definition) is 2. The van der Waals surface area contributed by atoms with Crippen molar-refractivity contribution < 1.29 is 18.3 Å². The van der Waals surface area contributed by atoms with Crippen LogP contribution in [0.5, 0.6) is 0 Å². The Kier molecular flexibility index (Phi) is 3.75. The van der Waals surface area contributed by atoms with Crippen LogP contribution < -0.4 is 5.32 Å². The van der Waals surface area contributed by atoms with Crippen molar-refractivity contribution in [2.24, 2.45) is 5.92 Å². The Bertz CT molecular complexity index is 585. The van der Waals surface area contributed by atoms with Gasteiger partial charge in [0, 0.05) is 18.5 Å². The Morgan fingerprint density at radius 3 is 2.79 bits per heavy atom. The Balaban J connectivity index is 2.15. The van der Waals surface area contributed by atoms with Gasteiger partial charge in [-0.2, -0.15) is 0 Å². The molecule has 2 unspecified atom stereocenters. The fraction of sp³-hybridized carbons (Fsp3) is 0.500. The summed E-state index contributed by atoms with van der Waals surface area (Å²) in [7, 11) is -3.35. The zero-order valence-corrected chi connectivity index (χ0v) is 11.4. The standard InChI is InChI=1S/C12H16N2O4S/c1-19(17,18)10-3-2-6-13-11(10)14-9-5-4-8(7-9)12(15)16/h2-3,6,8-9H,4-5,7H2,1H3,(H,13,14)(H,15,16). The van der Waals surface area contributed by atoms with Crippen molar-refractivity contribution in [3.8, 4) is 0 Å². The molecule has 104 valence electrons. The summed E-state index contributed by atoms with van der Waals surface area (Å²) in [6.45, 7) is 0. The van der Waals surface area contributed by atoms with E-state index in [0.29, 0.717) is 25.1 Å². The molecular formula is C12H16N2O4S. The molecule has 2 rings (SSSR count). The normalized spacial score (nSPS) is 23.2. The molecule has 0 bridgehead atoms. The molecule has 1 fully saturated rings. The smallest absolute Gasteiger partial charge is 0.306 e. The summed E-state index contributed by atoms with van der Waals surface area (Å²) in [5.41, 5.74) is 0. The van der Waals surface area contributed by atoms with E-state index in [1.54, 1.807) is 6.07 Å². The highest BCUT2D eigenvalue weighted by Crippen LogP contribution is 2.29. The number of nitrogens with one attached hydrogen (secondary N) is 1. The maximum atomic E-state index is 11.6. The van der Waals surface area contributed by atoms with Crippen LogP contribution in [0.2, 0.25) is 0 Å². The monoisotopic (exact) mass is 284 g/mol. The number of pyridine rings is 1. The molecule has 0 saturated heterocycles. The van der Waals surface area contributed by atoms with E-state index >= 15 is 0 Å². The molecule has 6 nitrogen and oxygen atoms in total. The van der Waals surface area contributed by atoms with Gasteiger partial charge in [0.2, 0.25) is 0 Å². The molecule has 2 atom stereocenters. The lowest BCUT2D eigenvalue weighted by Crippen LogP contribution is -2.20. The first-order valence-corrected chi connectivity index (χ1v) is 7.91. The molecule has 1 aliphatic rings. The molecular weight excluding hydrogens is 268 g/mol. The lowest BCUT2D eigenvalue weighted by Gasteiger charge is -2.15. The highest BCUT2D eigenvalue weighted by atomic mass is 32.2. The second kappa shape index (κ2) is 5.16. The highest BCUT2D eigenvalue weighted by molar-refractivity contribution is 7.90. The van der Waals surface area contributed by atoms with E-state index in [9.17, 15) is 13.2 Å². The van der Waals surface area contributed by atoms with Crippen LogP contribution in [-0.4, -0.2) is 36.8 Å². The maximum absolute atomic E-state index is 11.6. The van der Waals surface area contributed by atoms with Gasteiger partial charge in [0.05, 0.1) is 5.92 Å². The molecule has 1 aliphatic carbocycles. The number of aromatic nitrogens is 1. The second-order valence-corrected chi connectivity index (χ2v) is 6.80. The topological polar surface area (TPSA) is 96.4 Å². The van der Waals surface area contributed by atoms with Crippen molar-refractivity contribution in [1.29, 1.82) is 0 Å². The second-order valence-electron chi connectivity index (χ2n) is 4.81. The van der Waals surface area contributed by atoms with E-state index in [-0.39, 0.29) is 16.9 Å². The van der Waals surface area contributed by atoms with Crippen molar-refractivity contribution in [2.75, 3.05) is 11.6 Å². The fourth-order valence-corrected chi connectivity index (χ4v) is 3.12. The number of carbonyl (C=O) groups is 1. The number of carboxylic acids is 1. The third kappa shape index (κ3) is 3.23. The zero-order valence-electron chi connectivity index (χ0n) is 10.5. The minimum Gasteiger partial charge on any atom is -0.481 e. The molecule has 1 aromatic heterocycles. The fourth-order valence-electron chi connectivity index (χ4n) is 2.33. The molecule has 19 heavy (non-hydrogen) atoms. The minimum atomic E-state index is -3.35. The summed E-state index contributed by atoms with van der Waals surface area (Å²) in [6.07, 6.45) is 4.45. The van der Waals surface area contributed by atoms with Crippen molar-refractivity contribution in [3.05, 3.63) is 18.3 Å². The first-order chi connectivity index (χ1) is 8.88. The number of rotatable bonds is 4. The van der Waals surface area contributed by atoms with E-state index in [4.69, 9.17) is 5.11 Å². The largest absolute Gasteiger partial charge is 0.481 e. The lowest BCUT2D eigenvalue weighted by atomic mass is 10.1. The number of carboxylic acid groups (broad SMARTS) is 1. The number of aliphatic carboxylic acids is 1. The lowest BCUT2D eigenvalue weighted by molar-refractivity contribution is -0.141. The van der Waals surface area contributed by atoms with Gasteiger partial charge in [0.1, 0.15) is 10.7 Å². The quantitative estimate of drug-likeness (QED) is 0.861. The van der Waals surface area contributed by atoms with Crippen LogP contribution in [0.25, 0.3) is 0 Å². The van der Waals surface area contributed by atoms with Gasteiger partial charge in [-0.05, 0) is 31.4 Å². The van der Waals surface area contributed by atoms with Gasteiger partial charge in [-0.3, -0.25) is 4.79 Å². The number of anilines is 1. The Hall–Kier alpha value is -1.63. The van der Waals surface area contributed by atoms with Gasteiger partial charge < -0.3 is 10.4 Å². The average molecular weight is 284 g/mol. The molecule has 0 spiro atoms. The van der Waals surface area contributed by atoms with E-state index < -0.39 is 15.8 Å². The van der Waals surface area contributed by atoms with Crippen molar-refractivity contribution in [1.82, 2.24) is 4.98 Å². The van der Waals surface area contributed by atoms with E-state index in [1.807, 2.05) is 0 Å². The summed E-state index contributed by atoms with van der Waals surface area (Å²) in [4.78, 5) is 15.1. The van der Waals surface area contributed by atoms with Gasteiger partial charge in [-0.15, -0.1) is 0 Å². The van der Waals surface area contributed by atoms with Crippen molar-refractivity contribution in [3.63, 3.8) is 0 Å². The third-order valence-electron chi connectivity index (χ3n) is 3.29. The van der Waals surface area contributed by atoms with Crippen LogP contribution in [0.1, 0.15) is 19.3 Å². The van der Waals surface area contributed by atoms with E-state index in [2.05, 4.69) is 10.3 Å². The van der Waals surface area contributed by atoms with Gasteiger partial charge in [-0.1, -0.05) is 0 Å². The van der Waals surface area contributed by atoms with Gasteiger partial charge >= 0.3 is 5.97 Å². The molecule has 0 aromatic carbocycles. The SMILES string of the molecule is CS(=O)(=O)c1cccnc1NC1CCC(C(=O)O)C1. The van der Waals surface area contributed by atoms with Gasteiger partial charge in [0.25, 0.3) is 0 Å². The van der Waals surface area contributed by atoms with Crippen LogP contribution in [0.3, 0.4) is 0 Å². The maximum Gasteiger partial charge on any atom is 0.306 e. The summed E-state index contributed by atoms with van der Waals surface area (Å²) < 4.78 is 23.3. The summed E-state index contributed by atoms with van der Waals surface area (Å²) in [5.74, 6) is -0.849. The molecule has 0 aliphatic heterocycles. The number of sulfone groups is 1. The minimum absolute atomic E-state index is 0.0449. The Morgan fingerprint density at radius 1 is 1.47 bits per heavy atom. The van der Waals surface area contributed by atoms with E-state index in [0.717, 1.165) is 6.26 Å². The van der Waals surface area contributed by atoms with E-state index in [1.165, 1.54) is 12.3 Å². The first-order valence-electron chi connectivity index (χ1n) is 6.02. The Labute approximate surface area is 111 Å². The molecule has 1 aromatic rings. The highest BCUT2D eigenvalue weighted by Gasteiger charge is 2.30. The molecule has 1 heterocycles. The van der Waals surface area contributed by atoms with Crippen LogP contribution in [-0.2, 0) is 14.6 Å². The molecule has 0 amide bonds. The van der Waals surface area contributed by atoms with Crippen LogP contribution in [0.4, 0.5) is 5.82 Å². The summed E-state index contributed by atoms with van der Waals surface area (Å²) in [6, 6.07) is 3.02. The average Bonchev–Trinajstić information content (AvgIpc) is 2.77. The van der Waals surface area contributed by atoms with Crippen molar-refractivity contribution in [2.45, 2.75) is 30.2 Å².